The van der Waals surface area contributed by atoms with Crippen LogP contribution in [0.25, 0.3) is 0 Å². The van der Waals surface area contributed by atoms with Gasteiger partial charge in [-0.3, -0.25) is 0 Å². The van der Waals surface area contributed by atoms with Gasteiger partial charge in [0.1, 0.15) is 0 Å². The summed E-state index contributed by atoms with van der Waals surface area (Å²) in [6, 6.07) is 0. The number of nitrogens with one attached hydrogen (secondary N) is 1. The number of aliphatic hydroxyl groups is 1. The molecular formula is C11H25NO. The van der Waals surface area contributed by atoms with Gasteiger partial charge < -0.3 is 10.4 Å². The first-order valence-electron chi connectivity index (χ1n) is 5.73. The van der Waals surface area contributed by atoms with Crippen molar-refractivity contribution in [2.24, 2.45) is 0 Å². The van der Waals surface area contributed by atoms with Crippen molar-refractivity contribution in [2.75, 3.05) is 19.7 Å². The zero-order valence-electron chi connectivity index (χ0n) is 9.02. The Hall–Kier alpha value is -0.0800. The number of unbranched alkanes of at least 4 members (excludes halogenated alkanes) is 5. The lowest BCUT2D eigenvalue weighted by Crippen LogP contribution is -2.17. The first-order chi connectivity index (χ1) is 6.41. The second-order valence-electron chi connectivity index (χ2n) is 3.59. The maximum Gasteiger partial charge on any atom is 0.0443 e. The van der Waals surface area contributed by atoms with Crippen LogP contribution in [0.15, 0.2) is 0 Å². The van der Waals surface area contributed by atoms with Crippen LogP contribution in [0.4, 0.5) is 0 Å². The number of rotatable bonds is 10. The van der Waals surface area contributed by atoms with Gasteiger partial charge in [-0.2, -0.15) is 0 Å². The standard InChI is InChI=1S/C11H25NO/c1-2-3-4-5-6-7-9-12-10-8-11-13/h12-13H,2-11H2,1H3. The maximum atomic E-state index is 8.53. The van der Waals surface area contributed by atoms with Crippen LogP contribution >= 0.6 is 0 Å². The van der Waals surface area contributed by atoms with E-state index in [0.29, 0.717) is 6.61 Å². The predicted molar refractivity (Wildman–Crippen MR) is 57.9 cm³/mol. The second-order valence-corrected chi connectivity index (χ2v) is 3.59. The second kappa shape index (κ2) is 11.9. The third-order valence-corrected chi connectivity index (χ3v) is 2.22. The Morgan fingerprint density at radius 3 is 2.15 bits per heavy atom. The van der Waals surface area contributed by atoms with Gasteiger partial charge in [-0.15, -0.1) is 0 Å². The molecule has 0 rings (SSSR count). The SMILES string of the molecule is CCCCCCCCNCCCO. The van der Waals surface area contributed by atoms with Crippen molar-refractivity contribution in [2.45, 2.75) is 51.9 Å². The molecule has 2 N–H and O–H groups in total. The van der Waals surface area contributed by atoms with Crippen molar-refractivity contribution >= 4 is 0 Å². The molecule has 0 aromatic carbocycles. The molecule has 2 heteroatoms. The van der Waals surface area contributed by atoms with Crippen molar-refractivity contribution in [3.63, 3.8) is 0 Å². The van der Waals surface area contributed by atoms with E-state index in [9.17, 15) is 0 Å². The molecule has 0 aromatic heterocycles. The van der Waals surface area contributed by atoms with Crippen LogP contribution in [-0.2, 0) is 0 Å². The van der Waals surface area contributed by atoms with Crippen LogP contribution in [0.1, 0.15) is 51.9 Å². The molecule has 0 heterocycles. The van der Waals surface area contributed by atoms with Gasteiger partial charge in [-0.05, 0) is 25.9 Å². The van der Waals surface area contributed by atoms with Gasteiger partial charge in [0, 0.05) is 6.61 Å². The normalized spacial score (nSPS) is 10.6. The van der Waals surface area contributed by atoms with Gasteiger partial charge in [-0.1, -0.05) is 39.0 Å². The summed E-state index contributed by atoms with van der Waals surface area (Å²) in [4.78, 5) is 0. The summed E-state index contributed by atoms with van der Waals surface area (Å²) in [6.07, 6.45) is 9.02. The molecule has 0 spiro atoms. The minimum Gasteiger partial charge on any atom is -0.396 e. The fourth-order valence-corrected chi connectivity index (χ4v) is 1.36. The smallest absolute Gasteiger partial charge is 0.0443 e. The van der Waals surface area contributed by atoms with E-state index in [1.807, 2.05) is 0 Å². The number of aliphatic hydroxyl groups excluding tert-OH is 1. The summed E-state index contributed by atoms with van der Waals surface area (Å²) in [5.74, 6) is 0. The zero-order chi connectivity index (χ0) is 9.78. The highest BCUT2D eigenvalue weighted by atomic mass is 16.3. The Balaban J connectivity index is 2.76. The van der Waals surface area contributed by atoms with E-state index in [1.165, 1.54) is 38.5 Å². The molecule has 0 saturated carbocycles. The molecule has 0 bridgehead atoms. The van der Waals surface area contributed by atoms with Gasteiger partial charge >= 0.3 is 0 Å². The topological polar surface area (TPSA) is 32.3 Å². The maximum absolute atomic E-state index is 8.53. The molecule has 0 fully saturated rings. The lowest BCUT2D eigenvalue weighted by atomic mass is 10.1. The van der Waals surface area contributed by atoms with Crippen molar-refractivity contribution in [3.8, 4) is 0 Å². The van der Waals surface area contributed by atoms with Gasteiger partial charge in [0.25, 0.3) is 0 Å². The average molecular weight is 187 g/mol. The van der Waals surface area contributed by atoms with E-state index in [4.69, 9.17) is 5.11 Å². The molecule has 13 heavy (non-hydrogen) atoms. The van der Waals surface area contributed by atoms with Crippen molar-refractivity contribution in [3.05, 3.63) is 0 Å². The van der Waals surface area contributed by atoms with Gasteiger partial charge in [0.15, 0.2) is 0 Å². The van der Waals surface area contributed by atoms with E-state index < -0.39 is 0 Å². The fourth-order valence-electron chi connectivity index (χ4n) is 1.36. The third-order valence-electron chi connectivity index (χ3n) is 2.22. The highest BCUT2D eigenvalue weighted by Gasteiger charge is 1.89. The molecular weight excluding hydrogens is 162 g/mol. The van der Waals surface area contributed by atoms with Crippen LogP contribution in [0.3, 0.4) is 0 Å². The summed E-state index contributed by atoms with van der Waals surface area (Å²) < 4.78 is 0. The molecule has 0 atom stereocenters. The predicted octanol–water partition coefficient (Wildman–Crippen LogP) is 2.32. The summed E-state index contributed by atoms with van der Waals surface area (Å²) in [7, 11) is 0. The van der Waals surface area contributed by atoms with Gasteiger partial charge in [0.05, 0.1) is 0 Å². The van der Waals surface area contributed by atoms with E-state index in [2.05, 4.69) is 12.2 Å². The first kappa shape index (κ1) is 12.9. The summed E-state index contributed by atoms with van der Waals surface area (Å²) >= 11 is 0. The van der Waals surface area contributed by atoms with E-state index in [-0.39, 0.29) is 0 Å². The summed E-state index contributed by atoms with van der Waals surface area (Å²) in [5.41, 5.74) is 0. The highest BCUT2D eigenvalue weighted by molar-refractivity contribution is 4.49. The molecule has 0 amide bonds. The Morgan fingerprint density at radius 1 is 0.846 bits per heavy atom. The minimum absolute atomic E-state index is 0.309. The summed E-state index contributed by atoms with van der Waals surface area (Å²) in [5, 5.41) is 11.8. The van der Waals surface area contributed by atoms with Crippen molar-refractivity contribution in [1.82, 2.24) is 5.32 Å². The molecule has 0 aliphatic heterocycles. The van der Waals surface area contributed by atoms with Crippen LogP contribution in [0.5, 0.6) is 0 Å². The Kier molecular flexibility index (Phi) is 11.8. The van der Waals surface area contributed by atoms with Gasteiger partial charge in [0.2, 0.25) is 0 Å². The van der Waals surface area contributed by atoms with E-state index >= 15 is 0 Å². The number of hydrogen-bond donors (Lipinski definition) is 2. The Bertz CT molecular complexity index is 76.2. The lowest BCUT2D eigenvalue weighted by molar-refractivity contribution is 0.286. The van der Waals surface area contributed by atoms with Crippen molar-refractivity contribution < 1.29 is 5.11 Å². The van der Waals surface area contributed by atoms with E-state index in [1.54, 1.807) is 0 Å². The van der Waals surface area contributed by atoms with Gasteiger partial charge in [-0.25, -0.2) is 0 Å². The quantitative estimate of drug-likeness (QED) is 0.514. The number of hydrogen-bond acceptors (Lipinski definition) is 2. The summed E-state index contributed by atoms with van der Waals surface area (Å²) in [6.45, 7) is 4.64. The van der Waals surface area contributed by atoms with Crippen molar-refractivity contribution in [1.29, 1.82) is 0 Å². The Morgan fingerprint density at radius 2 is 1.46 bits per heavy atom. The van der Waals surface area contributed by atoms with E-state index in [0.717, 1.165) is 19.5 Å². The van der Waals surface area contributed by atoms with Crippen LogP contribution in [0, 0.1) is 0 Å². The highest BCUT2D eigenvalue weighted by Crippen LogP contribution is 2.03. The lowest BCUT2D eigenvalue weighted by Gasteiger charge is -2.02. The molecule has 0 radical (unpaired) electrons. The van der Waals surface area contributed by atoms with Crippen LogP contribution in [0.2, 0.25) is 0 Å². The minimum atomic E-state index is 0.309. The largest absolute Gasteiger partial charge is 0.396 e. The average Bonchev–Trinajstić information content (AvgIpc) is 2.16. The monoisotopic (exact) mass is 187 g/mol. The Labute approximate surface area is 82.7 Å². The molecule has 2 nitrogen and oxygen atoms in total. The van der Waals surface area contributed by atoms with Crippen LogP contribution < -0.4 is 5.32 Å². The first-order valence-corrected chi connectivity index (χ1v) is 5.73. The molecule has 0 aromatic rings. The fraction of sp³-hybridized carbons (Fsp3) is 1.00. The molecule has 0 saturated heterocycles. The zero-order valence-corrected chi connectivity index (χ0v) is 9.02. The molecule has 0 unspecified atom stereocenters. The molecule has 0 aliphatic rings. The molecule has 0 aliphatic carbocycles. The molecule has 80 valence electrons. The third kappa shape index (κ3) is 11.9. The van der Waals surface area contributed by atoms with Crippen LogP contribution in [-0.4, -0.2) is 24.8 Å².